The maximum absolute atomic E-state index is 6.01. The van der Waals surface area contributed by atoms with Gasteiger partial charge in [-0.25, -0.2) is 4.68 Å². The zero-order valence-corrected chi connectivity index (χ0v) is 14.4. The lowest BCUT2D eigenvalue weighted by Crippen LogP contribution is -2.28. The topological polar surface area (TPSA) is 55.6 Å². The van der Waals surface area contributed by atoms with Crippen molar-refractivity contribution in [2.45, 2.75) is 18.5 Å². The molecule has 23 heavy (non-hydrogen) atoms. The summed E-state index contributed by atoms with van der Waals surface area (Å²) in [5.41, 5.74) is 2.34. The van der Waals surface area contributed by atoms with Gasteiger partial charge in [0.25, 0.3) is 0 Å². The molecule has 0 saturated heterocycles. The van der Waals surface area contributed by atoms with E-state index in [4.69, 9.17) is 11.6 Å². The molecule has 0 aliphatic carbocycles. The maximum atomic E-state index is 6.01. The number of aromatic nitrogens is 4. The third-order valence-electron chi connectivity index (χ3n) is 4.06. The van der Waals surface area contributed by atoms with E-state index in [9.17, 15) is 0 Å². The van der Waals surface area contributed by atoms with E-state index in [1.165, 1.54) is 5.56 Å². The predicted octanol–water partition coefficient (Wildman–Crippen LogP) is 4.24. The van der Waals surface area contributed by atoms with E-state index in [1.54, 1.807) is 0 Å². The van der Waals surface area contributed by atoms with Gasteiger partial charge >= 0.3 is 0 Å². The summed E-state index contributed by atoms with van der Waals surface area (Å²) >= 11 is 9.54. The van der Waals surface area contributed by atoms with Crippen LogP contribution in [0.25, 0.3) is 0 Å². The molecule has 0 radical (unpaired) electrons. The first-order chi connectivity index (χ1) is 11.2. The first kappa shape index (κ1) is 14.7. The highest BCUT2D eigenvalue weighted by molar-refractivity contribution is 9.10. The Morgan fingerprint density at radius 2 is 1.96 bits per heavy atom. The van der Waals surface area contributed by atoms with Crippen LogP contribution < -0.4 is 5.32 Å². The van der Waals surface area contributed by atoms with Gasteiger partial charge in [0, 0.05) is 9.50 Å². The van der Waals surface area contributed by atoms with Gasteiger partial charge in [0.2, 0.25) is 5.95 Å². The summed E-state index contributed by atoms with van der Waals surface area (Å²) in [4.78, 5) is 0. The fourth-order valence-corrected chi connectivity index (χ4v) is 3.48. The van der Waals surface area contributed by atoms with Crippen molar-refractivity contribution in [3.63, 3.8) is 0 Å². The number of rotatable bonds is 2. The lowest BCUT2D eigenvalue weighted by molar-refractivity contribution is 0.424. The van der Waals surface area contributed by atoms with Crippen molar-refractivity contribution in [3.05, 3.63) is 69.2 Å². The van der Waals surface area contributed by atoms with E-state index in [0.717, 1.165) is 21.5 Å². The number of benzene rings is 2. The van der Waals surface area contributed by atoms with Crippen LogP contribution in [-0.2, 0) is 0 Å². The SMILES string of the molecule is Clc1ccc([C@@H]2C[C@H](c3cccc(Br)c3)Nc3nnnn32)cc1. The Balaban J connectivity index is 1.73. The van der Waals surface area contributed by atoms with Crippen molar-refractivity contribution in [1.29, 1.82) is 0 Å². The summed E-state index contributed by atoms with van der Waals surface area (Å²) in [5, 5.41) is 16.2. The van der Waals surface area contributed by atoms with Gasteiger partial charge in [-0.3, -0.25) is 0 Å². The van der Waals surface area contributed by atoms with Gasteiger partial charge in [0.05, 0.1) is 12.1 Å². The van der Waals surface area contributed by atoms with Crippen LogP contribution in [0.15, 0.2) is 53.0 Å². The Morgan fingerprint density at radius 1 is 1.13 bits per heavy atom. The van der Waals surface area contributed by atoms with Crippen LogP contribution in [0.4, 0.5) is 5.95 Å². The van der Waals surface area contributed by atoms with Crippen LogP contribution >= 0.6 is 27.5 Å². The standard InChI is InChI=1S/C16H13BrClN5/c17-12-3-1-2-11(8-12)14-9-15(10-4-6-13(18)7-5-10)23-16(19-14)20-21-22-23/h1-8,14-15H,9H2,(H,19,20,22)/t14-,15+/m1/s1. The molecule has 7 heteroatoms. The molecule has 1 N–H and O–H groups in total. The Kier molecular flexibility index (Phi) is 3.79. The van der Waals surface area contributed by atoms with Crippen LogP contribution in [0.5, 0.6) is 0 Å². The van der Waals surface area contributed by atoms with E-state index in [2.05, 4.69) is 48.9 Å². The molecule has 1 aliphatic rings. The van der Waals surface area contributed by atoms with Gasteiger partial charge < -0.3 is 5.32 Å². The third-order valence-corrected chi connectivity index (χ3v) is 4.80. The number of fused-ring (bicyclic) bond motifs is 1. The number of hydrogen-bond acceptors (Lipinski definition) is 4. The normalized spacial score (nSPS) is 19.9. The fraction of sp³-hybridized carbons (Fsp3) is 0.188. The van der Waals surface area contributed by atoms with Gasteiger partial charge in [-0.05, 0) is 52.2 Å². The van der Waals surface area contributed by atoms with E-state index in [0.29, 0.717) is 5.95 Å². The molecule has 1 aliphatic heterocycles. The molecule has 0 bridgehead atoms. The van der Waals surface area contributed by atoms with Crippen LogP contribution in [0.2, 0.25) is 5.02 Å². The second kappa shape index (κ2) is 5.94. The van der Waals surface area contributed by atoms with E-state index >= 15 is 0 Å². The minimum atomic E-state index is 0.0718. The van der Waals surface area contributed by atoms with E-state index in [1.807, 2.05) is 41.1 Å². The molecule has 2 heterocycles. The summed E-state index contributed by atoms with van der Waals surface area (Å²) < 4.78 is 2.89. The lowest BCUT2D eigenvalue weighted by Gasteiger charge is -2.31. The number of nitrogens with zero attached hydrogens (tertiary/aromatic N) is 4. The monoisotopic (exact) mass is 389 g/mol. The van der Waals surface area contributed by atoms with Gasteiger partial charge in [-0.1, -0.05) is 56.9 Å². The number of hydrogen-bond donors (Lipinski definition) is 1. The molecule has 3 aromatic rings. The first-order valence-corrected chi connectivity index (χ1v) is 8.43. The molecular weight excluding hydrogens is 378 g/mol. The second-order valence-corrected chi connectivity index (χ2v) is 6.85. The number of nitrogens with one attached hydrogen (secondary N) is 1. The molecule has 0 fully saturated rings. The van der Waals surface area contributed by atoms with Crippen LogP contribution in [0.3, 0.4) is 0 Å². The van der Waals surface area contributed by atoms with E-state index in [-0.39, 0.29) is 12.1 Å². The highest BCUT2D eigenvalue weighted by Gasteiger charge is 2.30. The average molecular weight is 391 g/mol. The van der Waals surface area contributed by atoms with Crippen molar-refractivity contribution < 1.29 is 0 Å². The Morgan fingerprint density at radius 3 is 2.74 bits per heavy atom. The number of halogens is 2. The summed E-state index contributed by atoms with van der Waals surface area (Å²) in [6, 6.07) is 16.4. The van der Waals surface area contributed by atoms with Gasteiger partial charge in [0.15, 0.2) is 0 Å². The summed E-state index contributed by atoms with van der Waals surface area (Å²) in [5.74, 6) is 0.682. The van der Waals surface area contributed by atoms with Gasteiger partial charge in [-0.15, -0.1) is 0 Å². The van der Waals surface area contributed by atoms with Crippen LogP contribution in [0, 0.1) is 0 Å². The summed E-state index contributed by atoms with van der Waals surface area (Å²) in [6.45, 7) is 0. The van der Waals surface area contributed by atoms with E-state index < -0.39 is 0 Å². The molecule has 116 valence electrons. The summed E-state index contributed by atoms with van der Waals surface area (Å²) in [6.07, 6.45) is 0.857. The largest absolute Gasteiger partial charge is 0.346 e. The molecule has 2 aromatic carbocycles. The molecular formula is C16H13BrClN5. The third kappa shape index (κ3) is 2.84. The van der Waals surface area contributed by atoms with Gasteiger partial charge in [-0.2, -0.15) is 0 Å². The van der Waals surface area contributed by atoms with Crippen molar-refractivity contribution in [1.82, 2.24) is 20.2 Å². The molecule has 0 amide bonds. The Hall–Kier alpha value is -1.92. The molecule has 1 aromatic heterocycles. The minimum Gasteiger partial charge on any atom is -0.346 e. The maximum Gasteiger partial charge on any atom is 0.243 e. The lowest BCUT2D eigenvalue weighted by atomic mass is 9.93. The fourth-order valence-electron chi connectivity index (χ4n) is 2.94. The first-order valence-electron chi connectivity index (χ1n) is 7.26. The van der Waals surface area contributed by atoms with Crippen molar-refractivity contribution in [2.75, 3.05) is 5.32 Å². The molecule has 4 rings (SSSR count). The van der Waals surface area contributed by atoms with Crippen LogP contribution in [0.1, 0.15) is 29.6 Å². The average Bonchev–Trinajstić information content (AvgIpc) is 3.03. The van der Waals surface area contributed by atoms with Crippen molar-refractivity contribution >= 4 is 33.5 Å². The quantitative estimate of drug-likeness (QED) is 0.711. The minimum absolute atomic E-state index is 0.0718. The molecule has 0 unspecified atom stereocenters. The predicted molar refractivity (Wildman–Crippen MR) is 92.5 cm³/mol. The number of anilines is 1. The molecule has 5 nitrogen and oxygen atoms in total. The van der Waals surface area contributed by atoms with Crippen molar-refractivity contribution in [2.24, 2.45) is 0 Å². The molecule has 0 saturated carbocycles. The molecule has 0 spiro atoms. The highest BCUT2D eigenvalue weighted by atomic mass is 79.9. The molecule has 2 atom stereocenters. The summed E-state index contributed by atoms with van der Waals surface area (Å²) in [7, 11) is 0. The van der Waals surface area contributed by atoms with Crippen LogP contribution in [-0.4, -0.2) is 20.2 Å². The Bertz CT molecular complexity index is 832. The zero-order valence-electron chi connectivity index (χ0n) is 12.0. The number of tetrazole rings is 1. The smallest absolute Gasteiger partial charge is 0.243 e. The highest BCUT2D eigenvalue weighted by Crippen LogP contribution is 2.37. The van der Waals surface area contributed by atoms with Gasteiger partial charge in [0.1, 0.15) is 0 Å². The Labute approximate surface area is 146 Å². The van der Waals surface area contributed by atoms with Crippen molar-refractivity contribution in [3.8, 4) is 0 Å². The second-order valence-electron chi connectivity index (χ2n) is 5.50. The zero-order chi connectivity index (χ0) is 15.8.